The minimum absolute atomic E-state index is 0.413. The molecule has 3 aliphatic heterocycles. The van der Waals surface area contributed by atoms with Crippen LogP contribution in [0.5, 0.6) is 0 Å². The van der Waals surface area contributed by atoms with E-state index in [4.69, 9.17) is 4.74 Å². The summed E-state index contributed by atoms with van der Waals surface area (Å²) in [5, 5.41) is 0. The molecule has 0 aromatic rings. The number of hydrogen-bond acceptors (Lipinski definition) is 2. The Bertz CT molecular complexity index is 375. The maximum atomic E-state index is 5.79. The van der Waals surface area contributed by atoms with Crippen molar-refractivity contribution in [3.8, 4) is 0 Å². The Labute approximate surface area is 137 Å². The van der Waals surface area contributed by atoms with Crippen LogP contribution in [0.1, 0.15) is 59.3 Å². The van der Waals surface area contributed by atoms with Crippen molar-refractivity contribution in [2.75, 3.05) is 26.3 Å². The summed E-state index contributed by atoms with van der Waals surface area (Å²) in [6, 6.07) is 0. The molecule has 5 fully saturated rings. The lowest BCUT2D eigenvalue weighted by Gasteiger charge is -2.53. The standard InChI is InChI=1S/C20H35NO/c1-14(19-17-4-5-18(19)13-22-12-17)6-7-20(2,3)21-10-15-8-16(9-15)11-21/h14-19H,4-13H2,1-3H3. The number of ether oxygens (including phenoxy) is 1. The van der Waals surface area contributed by atoms with Gasteiger partial charge in [0.25, 0.3) is 0 Å². The van der Waals surface area contributed by atoms with Crippen LogP contribution >= 0.6 is 0 Å². The van der Waals surface area contributed by atoms with E-state index >= 15 is 0 Å². The summed E-state index contributed by atoms with van der Waals surface area (Å²) in [6.07, 6.45) is 8.70. The maximum Gasteiger partial charge on any atom is 0.0497 e. The third-order valence-electron chi connectivity index (χ3n) is 7.68. The van der Waals surface area contributed by atoms with Gasteiger partial charge >= 0.3 is 0 Å². The van der Waals surface area contributed by atoms with Crippen molar-refractivity contribution in [3.05, 3.63) is 0 Å². The molecule has 2 nitrogen and oxygen atoms in total. The molecular formula is C20H35NO. The number of hydrogen-bond donors (Lipinski definition) is 0. The highest BCUT2D eigenvalue weighted by atomic mass is 16.5. The highest BCUT2D eigenvalue weighted by molar-refractivity contribution is 4.96. The van der Waals surface area contributed by atoms with Crippen molar-refractivity contribution in [3.63, 3.8) is 0 Å². The minimum atomic E-state index is 0.413. The molecule has 5 rings (SSSR count). The molecule has 0 N–H and O–H groups in total. The summed E-state index contributed by atoms with van der Waals surface area (Å²) in [5.41, 5.74) is 0.413. The Hall–Kier alpha value is -0.0800. The third kappa shape index (κ3) is 2.75. The van der Waals surface area contributed by atoms with Crippen molar-refractivity contribution in [1.82, 2.24) is 4.90 Å². The second-order valence-electron chi connectivity index (χ2n) is 9.65. The summed E-state index contributed by atoms with van der Waals surface area (Å²) in [4.78, 5) is 2.82. The number of rotatable bonds is 5. The van der Waals surface area contributed by atoms with Crippen molar-refractivity contribution in [2.45, 2.75) is 64.8 Å². The molecule has 126 valence electrons. The second-order valence-corrected chi connectivity index (χ2v) is 9.65. The Kier molecular flexibility index (Phi) is 4.05. The molecule has 2 saturated carbocycles. The lowest BCUT2D eigenvalue weighted by Crippen LogP contribution is -2.56. The average molecular weight is 306 g/mol. The van der Waals surface area contributed by atoms with Crippen LogP contribution in [0.3, 0.4) is 0 Å². The van der Waals surface area contributed by atoms with E-state index in [1.165, 1.54) is 51.6 Å². The van der Waals surface area contributed by atoms with Gasteiger partial charge in [-0.1, -0.05) is 6.92 Å². The Morgan fingerprint density at radius 3 is 2.23 bits per heavy atom. The smallest absolute Gasteiger partial charge is 0.0497 e. The zero-order chi connectivity index (χ0) is 15.3. The lowest BCUT2D eigenvalue weighted by atomic mass is 9.69. The second kappa shape index (κ2) is 5.77. The van der Waals surface area contributed by atoms with Crippen LogP contribution in [0.25, 0.3) is 0 Å². The molecule has 3 atom stereocenters. The highest BCUT2D eigenvalue weighted by Crippen LogP contribution is 2.47. The summed E-state index contributed by atoms with van der Waals surface area (Å²) in [6.45, 7) is 12.4. The van der Waals surface area contributed by atoms with Gasteiger partial charge in [-0.15, -0.1) is 0 Å². The first kappa shape index (κ1) is 15.4. The van der Waals surface area contributed by atoms with Crippen molar-refractivity contribution in [1.29, 1.82) is 0 Å². The fourth-order valence-corrected chi connectivity index (χ4v) is 6.18. The van der Waals surface area contributed by atoms with Gasteiger partial charge in [-0.2, -0.15) is 0 Å². The van der Waals surface area contributed by atoms with Gasteiger partial charge in [0.1, 0.15) is 0 Å². The Balaban J connectivity index is 1.31. The van der Waals surface area contributed by atoms with E-state index in [0.29, 0.717) is 5.54 Å². The van der Waals surface area contributed by atoms with Crippen LogP contribution in [0, 0.1) is 35.5 Å². The normalized spacial score (nSPS) is 43.0. The zero-order valence-electron chi connectivity index (χ0n) is 14.9. The molecule has 2 heteroatoms. The molecular weight excluding hydrogens is 270 g/mol. The van der Waals surface area contributed by atoms with Gasteiger partial charge < -0.3 is 4.74 Å². The van der Waals surface area contributed by atoms with E-state index in [1.54, 1.807) is 0 Å². The third-order valence-corrected chi connectivity index (χ3v) is 7.68. The SMILES string of the molecule is CC(CCC(C)(C)N1CC2CC(C2)C1)C1C2CCC1COC2. The molecule has 3 saturated heterocycles. The monoisotopic (exact) mass is 305 g/mol. The van der Waals surface area contributed by atoms with Crippen LogP contribution in [0.15, 0.2) is 0 Å². The van der Waals surface area contributed by atoms with E-state index in [9.17, 15) is 0 Å². The van der Waals surface area contributed by atoms with Crippen LogP contribution in [0.4, 0.5) is 0 Å². The average Bonchev–Trinajstić information content (AvgIpc) is 2.74. The first-order valence-electron chi connectivity index (χ1n) is 9.86. The van der Waals surface area contributed by atoms with Crippen LogP contribution < -0.4 is 0 Å². The molecule has 3 heterocycles. The van der Waals surface area contributed by atoms with Crippen molar-refractivity contribution < 1.29 is 4.74 Å². The molecule has 0 radical (unpaired) electrons. The summed E-state index contributed by atoms with van der Waals surface area (Å²) >= 11 is 0. The Morgan fingerprint density at radius 2 is 1.64 bits per heavy atom. The molecule has 3 unspecified atom stereocenters. The molecule has 0 aromatic carbocycles. The molecule has 0 aromatic heterocycles. The molecule has 2 aliphatic carbocycles. The topological polar surface area (TPSA) is 12.5 Å². The first-order chi connectivity index (χ1) is 10.5. The van der Waals surface area contributed by atoms with E-state index in [1.807, 2.05) is 0 Å². The summed E-state index contributed by atoms with van der Waals surface area (Å²) < 4.78 is 5.79. The van der Waals surface area contributed by atoms with Gasteiger partial charge in [-0.25, -0.2) is 0 Å². The van der Waals surface area contributed by atoms with Crippen LogP contribution in [0.2, 0.25) is 0 Å². The quantitative estimate of drug-likeness (QED) is 0.755. The summed E-state index contributed by atoms with van der Waals surface area (Å²) in [5.74, 6) is 5.65. The maximum absolute atomic E-state index is 5.79. The number of fused-ring (bicyclic) bond motifs is 4. The van der Waals surface area contributed by atoms with E-state index < -0.39 is 0 Å². The van der Waals surface area contributed by atoms with Crippen molar-refractivity contribution in [2.24, 2.45) is 35.5 Å². The lowest BCUT2D eigenvalue weighted by molar-refractivity contribution is -0.0402. The zero-order valence-corrected chi connectivity index (χ0v) is 14.9. The Morgan fingerprint density at radius 1 is 1.05 bits per heavy atom. The van der Waals surface area contributed by atoms with Gasteiger partial charge in [0.2, 0.25) is 0 Å². The van der Waals surface area contributed by atoms with Crippen LogP contribution in [-0.4, -0.2) is 36.7 Å². The van der Waals surface area contributed by atoms with Gasteiger partial charge in [-0.3, -0.25) is 4.90 Å². The largest absolute Gasteiger partial charge is 0.381 e. The van der Waals surface area contributed by atoms with E-state index in [-0.39, 0.29) is 0 Å². The van der Waals surface area contributed by atoms with E-state index in [0.717, 1.165) is 48.7 Å². The van der Waals surface area contributed by atoms with Crippen molar-refractivity contribution >= 4 is 0 Å². The summed E-state index contributed by atoms with van der Waals surface area (Å²) in [7, 11) is 0. The predicted molar refractivity (Wildman–Crippen MR) is 90.8 cm³/mol. The fraction of sp³-hybridized carbons (Fsp3) is 1.00. The van der Waals surface area contributed by atoms with E-state index in [2.05, 4.69) is 25.7 Å². The minimum Gasteiger partial charge on any atom is -0.381 e. The molecule has 0 amide bonds. The van der Waals surface area contributed by atoms with Gasteiger partial charge in [0.15, 0.2) is 0 Å². The molecule has 4 bridgehead atoms. The molecule has 0 spiro atoms. The molecule has 5 aliphatic rings. The predicted octanol–water partition coefficient (Wildman–Crippen LogP) is 4.20. The van der Waals surface area contributed by atoms with Gasteiger partial charge in [0, 0.05) is 31.8 Å². The molecule has 22 heavy (non-hydrogen) atoms. The number of nitrogens with zero attached hydrogens (tertiary/aromatic N) is 1. The fourth-order valence-electron chi connectivity index (χ4n) is 6.18. The van der Waals surface area contributed by atoms with Gasteiger partial charge in [0.05, 0.1) is 0 Å². The highest BCUT2D eigenvalue weighted by Gasteiger charge is 2.44. The van der Waals surface area contributed by atoms with Gasteiger partial charge in [-0.05, 0) is 87.9 Å². The van der Waals surface area contributed by atoms with Crippen LogP contribution in [-0.2, 0) is 4.74 Å². The first-order valence-corrected chi connectivity index (χ1v) is 9.86. The number of piperidine rings is 2.